The number of benzene rings is 1. The van der Waals surface area contributed by atoms with E-state index >= 15 is 0 Å². The van der Waals surface area contributed by atoms with Crippen LogP contribution in [0.1, 0.15) is 18.4 Å². The lowest BCUT2D eigenvalue weighted by Gasteiger charge is -2.09. The van der Waals surface area contributed by atoms with Crippen LogP contribution in [0.25, 0.3) is 0 Å². The van der Waals surface area contributed by atoms with Crippen molar-refractivity contribution in [2.75, 3.05) is 18.1 Å². The molecule has 1 heterocycles. The van der Waals surface area contributed by atoms with E-state index in [9.17, 15) is 13.2 Å². The zero-order valence-electron chi connectivity index (χ0n) is 11.1. The third-order valence-electron chi connectivity index (χ3n) is 3.46. The van der Waals surface area contributed by atoms with Gasteiger partial charge in [-0.2, -0.15) is 0 Å². The molecule has 4 nitrogen and oxygen atoms in total. The van der Waals surface area contributed by atoms with E-state index in [0.717, 1.165) is 12.8 Å². The fourth-order valence-corrected chi connectivity index (χ4v) is 4.17. The van der Waals surface area contributed by atoms with Gasteiger partial charge >= 0.3 is 0 Å². The van der Waals surface area contributed by atoms with Crippen molar-refractivity contribution in [3.8, 4) is 0 Å². The molecule has 1 amide bonds. The maximum Gasteiger partial charge on any atom is 0.224 e. The Labute approximate surface area is 124 Å². The van der Waals surface area contributed by atoms with Crippen LogP contribution in [0.5, 0.6) is 0 Å². The van der Waals surface area contributed by atoms with Gasteiger partial charge in [-0.05, 0) is 37.0 Å². The quantitative estimate of drug-likeness (QED) is 0.843. The van der Waals surface area contributed by atoms with Gasteiger partial charge in [-0.25, -0.2) is 8.42 Å². The fourth-order valence-electron chi connectivity index (χ4n) is 2.30. The second-order valence-electron chi connectivity index (χ2n) is 5.12. The van der Waals surface area contributed by atoms with Gasteiger partial charge in [0, 0.05) is 11.6 Å². The van der Waals surface area contributed by atoms with Crippen LogP contribution in [0, 0.1) is 5.92 Å². The third kappa shape index (κ3) is 4.49. The molecule has 0 spiro atoms. The van der Waals surface area contributed by atoms with Crippen molar-refractivity contribution in [1.29, 1.82) is 0 Å². The van der Waals surface area contributed by atoms with E-state index in [0.29, 0.717) is 18.0 Å². The molecule has 0 radical (unpaired) electrons. The Morgan fingerprint density at radius 2 is 2.00 bits per heavy atom. The van der Waals surface area contributed by atoms with Crippen LogP contribution < -0.4 is 5.32 Å². The number of carbonyl (C=O) groups is 1. The summed E-state index contributed by atoms with van der Waals surface area (Å²) >= 11 is 5.80. The van der Waals surface area contributed by atoms with Gasteiger partial charge in [-0.15, -0.1) is 0 Å². The lowest BCUT2D eigenvalue weighted by molar-refractivity contribution is -0.124. The number of halogens is 1. The molecule has 110 valence electrons. The number of amides is 1. The fraction of sp³-hybridized carbons (Fsp3) is 0.500. The predicted molar refractivity (Wildman–Crippen MR) is 79.5 cm³/mol. The maximum atomic E-state index is 11.8. The molecule has 0 saturated carbocycles. The summed E-state index contributed by atoms with van der Waals surface area (Å²) < 4.78 is 22.6. The Kier molecular flexibility index (Phi) is 5.05. The summed E-state index contributed by atoms with van der Waals surface area (Å²) in [6, 6.07) is 7.62. The van der Waals surface area contributed by atoms with Crippen molar-refractivity contribution in [1.82, 2.24) is 5.32 Å². The Morgan fingerprint density at radius 3 is 2.60 bits per heavy atom. The zero-order chi connectivity index (χ0) is 14.6. The van der Waals surface area contributed by atoms with Crippen LogP contribution in [-0.2, 0) is 21.1 Å². The summed E-state index contributed by atoms with van der Waals surface area (Å²) in [4.78, 5) is 11.8. The second-order valence-corrected chi connectivity index (χ2v) is 7.79. The average molecular weight is 316 g/mol. The number of aryl methyl sites for hydroxylation is 1. The Balaban J connectivity index is 1.68. The molecule has 1 aromatic carbocycles. The number of nitrogens with one attached hydrogen (secondary N) is 1. The van der Waals surface area contributed by atoms with Gasteiger partial charge in [0.2, 0.25) is 5.91 Å². The molecule has 1 aliphatic heterocycles. The van der Waals surface area contributed by atoms with Crippen LogP contribution in [0.15, 0.2) is 24.3 Å². The standard InChI is InChI=1S/C14H18ClNO3S/c15-13-5-3-11(4-6-13)2-1-8-16-14(17)12-7-9-20(18,19)10-12/h3-6,12H,1-2,7-10H2,(H,16,17)/t12-/m0/s1. The summed E-state index contributed by atoms with van der Waals surface area (Å²) in [7, 11) is -2.99. The number of rotatable bonds is 5. The molecule has 0 aromatic heterocycles. The van der Waals surface area contributed by atoms with Crippen molar-refractivity contribution in [3.05, 3.63) is 34.9 Å². The van der Waals surface area contributed by atoms with Gasteiger partial charge in [0.25, 0.3) is 0 Å². The molecular weight excluding hydrogens is 298 g/mol. The first-order valence-electron chi connectivity index (χ1n) is 6.69. The molecule has 1 aromatic rings. The normalized spacial score (nSPS) is 20.8. The highest BCUT2D eigenvalue weighted by Gasteiger charge is 2.32. The number of sulfone groups is 1. The topological polar surface area (TPSA) is 63.2 Å². The number of hydrogen-bond acceptors (Lipinski definition) is 3. The molecule has 0 aliphatic carbocycles. The monoisotopic (exact) mass is 315 g/mol. The summed E-state index contributed by atoms with van der Waals surface area (Å²) in [5, 5.41) is 3.53. The van der Waals surface area contributed by atoms with Gasteiger partial charge in [-0.1, -0.05) is 23.7 Å². The molecule has 0 bridgehead atoms. The summed E-state index contributed by atoms with van der Waals surface area (Å²) in [5.74, 6) is -0.371. The van der Waals surface area contributed by atoms with Crippen LogP contribution >= 0.6 is 11.6 Å². The van der Waals surface area contributed by atoms with Gasteiger partial charge in [0.15, 0.2) is 9.84 Å². The third-order valence-corrected chi connectivity index (χ3v) is 5.48. The zero-order valence-corrected chi connectivity index (χ0v) is 12.7. The highest BCUT2D eigenvalue weighted by atomic mass is 35.5. The van der Waals surface area contributed by atoms with Crippen molar-refractivity contribution in [2.45, 2.75) is 19.3 Å². The summed E-state index contributed by atoms with van der Waals surface area (Å²) in [6.07, 6.45) is 2.14. The first kappa shape index (κ1) is 15.3. The average Bonchev–Trinajstić information content (AvgIpc) is 2.77. The molecular formula is C14H18ClNO3S. The number of carbonyl (C=O) groups excluding carboxylic acids is 1. The minimum absolute atomic E-state index is 0.00395. The van der Waals surface area contributed by atoms with Crippen molar-refractivity contribution in [3.63, 3.8) is 0 Å². The van der Waals surface area contributed by atoms with Crippen LogP contribution in [0.3, 0.4) is 0 Å². The number of hydrogen-bond donors (Lipinski definition) is 1. The molecule has 2 rings (SSSR count). The largest absolute Gasteiger partial charge is 0.356 e. The molecule has 0 unspecified atom stereocenters. The van der Waals surface area contributed by atoms with E-state index in [1.54, 1.807) is 0 Å². The summed E-state index contributed by atoms with van der Waals surface area (Å²) in [5.41, 5.74) is 1.17. The first-order chi connectivity index (χ1) is 9.46. The smallest absolute Gasteiger partial charge is 0.224 e. The SMILES string of the molecule is O=C(NCCCc1ccc(Cl)cc1)[C@H]1CCS(=O)(=O)C1. The Hall–Kier alpha value is -1.07. The maximum absolute atomic E-state index is 11.8. The van der Waals surface area contributed by atoms with Crippen LogP contribution in [0.2, 0.25) is 5.02 Å². The molecule has 1 fully saturated rings. The summed E-state index contributed by atoms with van der Waals surface area (Å²) in [6.45, 7) is 0.567. The molecule has 1 atom stereocenters. The van der Waals surface area contributed by atoms with Crippen molar-refractivity contribution >= 4 is 27.3 Å². The van der Waals surface area contributed by atoms with Crippen LogP contribution in [-0.4, -0.2) is 32.4 Å². The van der Waals surface area contributed by atoms with E-state index < -0.39 is 9.84 Å². The van der Waals surface area contributed by atoms with E-state index in [4.69, 9.17) is 11.6 Å². The van der Waals surface area contributed by atoms with E-state index in [1.165, 1.54) is 5.56 Å². The molecule has 1 aliphatic rings. The van der Waals surface area contributed by atoms with Crippen molar-refractivity contribution in [2.24, 2.45) is 5.92 Å². The van der Waals surface area contributed by atoms with Gasteiger partial charge < -0.3 is 5.32 Å². The molecule has 1 saturated heterocycles. The van der Waals surface area contributed by atoms with Gasteiger partial charge in [0.1, 0.15) is 0 Å². The minimum atomic E-state index is -2.99. The second kappa shape index (κ2) is 6.59. The highest BCUT2D eigenvalue weighted by Crippen LogP contribution is 2.18. The molecule has 1 N–H and O–H groups in total. The van der Waals surface area contributed by atoms with Gasteiger partial charge in [-0.3, -0.25) is 4.79 Å². The highest BCUT2D eigenvalue weighted by molar-refractivity contribution is 7.91. The lowest BCUT2D eigenvalue weighted by atomic mass is 10.1. The predicted octanol–water partition coefficient (Wildman–Crippen LogP) is 1.82. The first-order valence-corrected chi connectivity index (χ1v) is 8.89. The van der Waals surface area contributed by atoms with E-state index in [1.807, 2.05) is 24.3 Å². The van der Waals surface area contributed by atoms with E-state index in [-0.39, 0.29) is 23.3 Å². The molecule has 6 heteroatoms. The van der Waals surface area contributed by atoms with E-state index in [2.05, 4.69) is 5.32 Å². The minimum Gasteiger partial charge on any atom is -0.356 e. The lowest BCUT2D eigenvalue weighted by Crippen LogP contribution is -2.32. The molecule has 20 heavy (non-hydrogen) atoms. The van der Waals surface area contributed by atoms with Crippen molar-refractivity contribution < 1.29 is 13.2 Å². The Bertz CT molecular complexity index is 569. The van der Waals surface area contributed by atoms with Gasteiger partial charge in [0.05, 0.1) is 17.4 Å². The van der Waals surface area contributed by atoms with Crippen LogP contribution in [0.4, 0.5) is 0 Å². The Morgan fingerprint density at radius 1 is 1.30 bits per heavy atom.